The number of amides is 1. The third-order valence-corrected chi connectivity index (χ3v) is 6.07. The van der Waals surface area contributed by atoms with Crippen molar-refractivity contribution < 1.29 is 31.5 Å². The Morgan fingerprint density at radius 1 is 0.939 bits per heavy atom. The number of carbonyl (C=O) groups excluding carboxylic acids is 2. The van der Waals surface area contributed by atoms with E-state index in [0.29, 0.717) is 5.56 Å². The molecule has 3 aromatic carbocycles. The molecule has 0 heterocycles. The average molecular weight is 474 g/mol. The number of benzene rings is 3. The molecule has 0 aliphatic carbocycles. The van der Waals surface area contributed by atoms with E-state index in [1.165, 1.54) is 30.3 Å². The Morgan fingerprint density at radius 2 is 1.67 bits per heavy atom. The van der Waals surface area contributed by atoms with Crippen molar-refractivity contribution in [1.82, 2.24) is 0 Å². The Bertz CT molecular complexity index is 1330. The highest BCUT2D eigenvalue weighted by Gasteiger charge is 2.22. The van der Waals surface area contributed by atoms with Crippen LogP contribution in [0.2, 0.25) is 0 Å². The molecule has 3 aromatic rings. The largest absolute Gasteiger partial charge is 0.452 e. The summed E-state index contributed by atoms with van der Waals surface area (Å²) in [6.45, 7) is 2.60. The van der Waals surface area contributed by atoms with Gasteiger partial charge in [-0.15, -0.1) is 0 Å². The lowest BCUT2D eigenvalue weighted by atomic mass is 10.2. The van der Waals surface area contributed by atoms with Crippen molar-refractivity contribution in [3.8, 4) is 0 Å². The van der Waals surface area contributed by atoms with Gasteiger partial charge in [0.15, 0.2) is 6.61 Å². The number of carbonyl (C=O) groups is 2. The highest BCUT2D eigenvalue weighted by Crippen LogP contribution is 2.24. The number of nitrogens with one attached hydrogen (secondary N) is 2. The first-order chi connectivity index (χ1) is 15.6. The van der Waals surface area contributed by atoms with Gasteiger partial charge in [-0.05, 0) is 55.3 Å². The van der Waals surface area contributed by atoms with Crippen LogP contribution in [0.25, 0.3) is 0 Å². The van der Waals surface area contributed by atoms with E-state index in [1.807, 2.05) is 0 Å². The molecular formula is C23H20F2N2O5S. The van der Waals surface area contributed by atoms with Gasteiger partial charge in [0.2, 0.25) is 0 Å². The zero-order valence-electron chi connectivity index (χ0n) is 17.7. The molecule has 0 spiro atoms. The smallest absolute Gasteiger partial charge is 0.340 e. The molecule has 33 heavy (non-hydrogen) atoms. The average Bonchev–Trinajstić information content (AvgIpc) is 2.76. The molecule has 2 N–H and O–H groups in total. The third kappa shape index (κ3) is 5.92. The Kier molecular flexibility index (Phi) is 7.07. The second-order valence-electron chi connectivity index (χ2n) is 7.17. The molecule has 1 amide bonds. The number of rotatable bonds is 7. The molecule has 0 aliphatic rings. The number of halogens is 2. The first-order valence-electron chi connectivity index (χ1n) is 9.68. The summed E-state index contributed by atoms with van der Waals surface area (Å²) in [5, 5.41) is 2.10. The van der Waals surface area contributed by atoms with Crippen molar-refractivity contribution in [1.29, 1.82) is 0 Å². The number of anilines is 2. The molecule has 172 valence electrons. The van der Waals surface area contributed by atoms with Crippen LogP contribution in [0.4, 0.5) is 20.2 Å². The second-order valence-corrected chi connectivity index (χ2v) is 8.82. The van der Waals surface area contributed by atoms with E-state index in [1.54, 1.807) is 26.0 Å². The third-order valence-electron chi connectivity index (χ3n) is 4.56. The van der Waals surface area contributed by atoms with Gasteiger partial charge in [0, 0.05) is 6.07 Å². The number of hydrogen-bond donors (Lipinski definition) is 2. The molecule has 0 atom stereocenters. The molecule has 10 heteroatoms. The number of aryl methyl sites for hydroxylation is 2. The minimum atomic E-state index is -4.02. The first kappa shape index (κ1) is 23.9. The van der Waals surface area contributed by atoms with Crippen LogP contribution in [0.5, 0.6) is 0 Å². The van der Waals surface area contributed by atoms with E-state index < -0.39 is 45.8 Å². The molecule has 0 aliphatic heterocycles. The summed E-state index contributed by atoms with van der Waals surface area (Å²) >= 11 is 0. The lowest BCUT2D eigenvalue weighted by Crippen LogP contribution is -2.22. The van der Waals surface area contributed by atoms with E-state index in [4.69, 9.17) is 4.74 Å². The van der Waals surface area contributed by atoms with Gasteiger partial charge >= 0.3 is 5.97 Å². The van der Waals surface area contributed by atoms with Gasteiger partial charge in [0.25, 0.3) is 15.9 Å². The number of ether oxygens (including phenoxy) is 1. The maximum absolute atomic E-state index is 13.6. The number of hydrogen-bond acceptors (Lipinski definition) is 5. The number of sulfonamides is 1. The second kappa shape index (κ2) is 9.78. The standard InChI is InChI=1S/C23H20F2N2O5S/c1-14-7-8-15(2)21(11-14)33(30,31)27-19-6-4-3-5-17(19)23(29)32-13-22(28)26-20-12-16(24)9-10-18(20)25/h3-12,27H,13H2,1-2H3,(H,26,28). The summed E-state index contributed by atoms with van der Waals surface area (Å²) in [6, 6.07) is 13.2. The zero-order valence-corrected chi connectivity index (χ0v) is 18.5. The van der Waals surface area contributed by atoms with E-state index >= 15 is 0 Å². The monoisotopic (exact) mass is 474 g/mol. The van der Waals surface area contributed by atoms with Gasteiger partial charge in [0.05, 0.1) is 21.8 Å². The maximum atomic E-state index is 13.6. The number of esters is 1. The minimum Gasteiger partial charge on any atom is -0.452 e. The van der Waals surface area contributed by atoms with Crippen LogP contribution in [0.15, 0.2) is 65.6 Å². The van der Waals surface area contributed by atoms with Gasteiger partial charge < -0.3 is 10.1 Å². The maximum Gasteiger partial charge on any atom is 0.340 e. The summed E-state index contributed by atoms with van der Waals surface area (Å²) in [5.41, 5.74) is 0.692. The van der Waals surface area contributed by atoms with E-state index in [0.717, 1.165) is 23.8 Å². The van der Waals surface area contributed by atoms with Gasteiger partial charge in [-0.3, -0.25) is 9.52 Å². The highest BCUT2D eigenvalue weighted by atomic mass is 32.2. The fourth-order valence-corrected chi connectivity index (χ4v) is 4.35. The first-order valence-corrected chi connectivity index (χ1v) is 11.2. The van der Waals surface area contributed by atoms with Crippen LogP contribution < -0.4 is 10.0 Å². The Labute approximate surface area is 189 Å². The zero-order chi connectivity index (χ0) is 24.2. The predicted octanol–water partition coefficient (Wildman–Crippen LogP) is 4.18. The van der Waals surface area contributed by atoms with Crippen LogP contribution >= 0.6 is 0 Å². The highest BCUT2D eigenvalue weighted by molar-refractivity contribution is 7.92. The van der Waals surface area contributed by atoms with Gasteiger partial charge in [-0.2, -0.15) is 0 Å². The van der Waals surface area contributed by atoms with E-state index in [2.05, 4.69) is 10.0 Å². The number of para-hydroxylation sites is 1. The summed E-state index contributed by atoms with van der Waals surface area (Å²) in [7, 11) is -4.02. The van der Waals surface area contributed by atoms with Gasteiger partial charge in [0.1, 0.15) is 11.6 Å². The molecule has 0 unspecified atom stereocenters. The van der Waals surface area contributed by atoms with Crippen molar-refractivity contribution in [2.75, 3.05) is 16.6 Å². The lowest BCUT2D eigenvalue weighted by molar-refractivity contribution is -0.119. The molecule has 0 bridgehead atoms. The van der Waals surface area contributed by atoms with Crippen molar-refractivity contribution in [2.24, 2.45) is 0 Å². The Hall–Kier alpha value is -3.79. The molecule has 0 aromatic heterocycles. The van der Waals surface area contributed by atoms with Crippen LogP contribution in [-0.4, -0.2) is 26.9 Å². The minimum absolute atomic E-state index is 0.0417. The van der Waals surface area contributed by atoms with Crippen molar-refractivity contribution >= 4 is 33.3 Å². The van der Waals surface area contributed by atoms with Crippen LogP contribution in [0.1, 0.15) is 21.5 Å². The van der Waals surface area contributed by atoms with Crippen molar-refractivity contribution in [2.45, 2.75) is 18.7 Å². The summed E-state index contributed by atoms with van der Waals surface area (Å²) in [5.74, 6) is -3.50. The van der Waals surface area contributed by atoms with E-state index in [-0.39, 0.29) is 16.1 Å². The quantitative estimate of drug-likeness (QED) is 0.501. The normalized spacial score (nSPS) is 11.0. The lowest BCUT2D eigenvalue weighted by Gasteiger charge is -2.14. The van der Waals surface area contributed by atoms with Crippen molar-refractivity contribution in [3.63, 3.8) is 0 Å². The van der Waals surface area contributed by atoms with Crippen molar-refractivity contribution in [3.05, 3.63) is 89.0 Å². The van der Waals surface area contributed by atoms with Crippen LogP contribution in [0.3, 0.4) is 0 Å². The summed E-state index contributed by atoms with van der Waals surface area (Å²) in [4.78, 5) is 24.6. The van der Waals surface area contributed by atoms with Crippen LogP contribution in [0, 0.1) is 25.5 Å². The SMILES string of the molecule is Cc1ccc(C)c(S(=O)(=O)Nc2ccccc2C(=O)OCC(=O)Nc2cc(F)ccc2F)c1. The summed E-state index contributed by atoms with van der Waals surface area (Å²) < 4.78 is 59.9. The Balaban J connectivity index is 1.73. The fraction of sp³-hybridized carbons (Fsp3) is 0.130. The molecule has 7 nitrogen and oxygen atoms in total. The van der Waals surface area contributed by atoms with Gasteiger partial charge in [-0.25, -0.2) is 22.0 Å². The Morgan fingerprint density at radius 3 is 2.42 bits per heavy atom. The van der Waals surface area contributed by atoms with Crippen LogP contribution in [-0.2, 0) is 19.6 Å². The predicted molar refractivity (Wildman–Crippen MR) is 118 cm³/mol. The van der Waals surface area contributed by atoms with Gasteiger partial charge in [-0.1, -0.05) is 24.3 Å². The molecule has 0 fully saturated rings. The molecular weight excluding hydrogens is 454 g/mol. The van der Waals surface area contributed by atoms with E-state index in [9.17, 15) is 26.8 Å². The topological polar surface area (TPSA) is 102 Å². The molecule has 0 saturated heterocycles. The molecule has 0 saturated carbocycles. The molecule has 3 rings (SSSR count). The summed E-state index contributed by atoms with van der Waals surface area (Å²) in [6.07, 6.45) is 0. The fourth-order valence-electron chi connectivity index (χ4n) is 2.94. The molecule has 0 radical (unpaired) electrons.